The van der Waals surface area contributed by atoms with E-state index in [9.17, 15) is 9.59 Å². The molecule has 27 heavy (non-hydrogen) atoms. The lowest BCUT2D eigenvalue weighted by atomic mass is 10.1. The van der Waals surface area contributed by atoms with Crippen molar-refractivity contribution in [2.24, 2.45) is 0 Å². The summed E-state index contributed by atoms with van der Waals surface area (Å²) in [5, 5.41) is 11.9. The lowest BCUT2D eigenvalue weighted by Gasteiger charge is -2.34. The molecular weight excluding hydrogens is 346 g/mol. The third kappa shape index (κ3) is 4.69. The molecule has 2 N–H and O–H groups in total. The monoisotopic (exact) mass is 369 g/mol. The van der Waals surface area contributed by atoms with Gasteiger partial charge < -0.3 is 25.0 Å². The van der Waals surface area contributed by atoms with Gasteiger partial charge in [0.2, 0.25) is 0 Å². The molecular formula is C20H23N3O4. The molecule has 0 atom stereocenters. The van der Waals surface area contributed by atoms with Crippen molar-refractivity contribution in [1.29, 1.82) is 0 Å². The van der Waals surface area contributed by atoms with E-state index in [0.717, 1.165) is 17.0 Å². The highest BCUT2D eigenvalue weighted by molar-refractivity contribution is 5.94. The zero-order valence-corrected chi connectivity index (χ0v) is 15.2. The van der Waals surface area contributed by atoms with Crippen LogP contribution < -0.4 is 15.0 Å². The van der Waals surface area contributed by atoms with E-state index < -0.39 is 6.09 Å². The maximum Gasteiger partial charge on any atom is 0.407 e. The Labute approximate surface area is 158 Å². The summed E-state index contributed by atoms with van der Waals surface area (Å²) in [7, 11) is 1.62. The van der Waals surface area contributed by atoms with Gasteiger partial charge in [-0.2, -0.15) is 0 Å². The molecule has 0 unspecified atom stereocenters. The largest absolute Gasteiger partial charge is 0.497 e. The van der Waals surface area contributed by atoms with E-state index in [1.807, 2.05) is 36.4 Å². The summed E-state index contributed by atoms with van der Waals surface area (Å²) >= 11 is 0. The molecule has 1 saturated heterocycles. The van der Waals surface area contributed by atoms with Gasteiger partial charge in [0.25, 0.3) is 5.91 Å². The summed E-state index contributed by atoms with van der Waals surface area (Å²) in [5.41, 5.74) is 2.58. The van der Waals surface area contributed by atoms with Gasteiger partial charge in [-0.25, -0.2) is 4.79 Å². The lowest BCUT2D eigenvalue weighted by Crippen LogP contribution is -2.48. The molecule has 0 radical (unpaired) electrons. The Hall–Kier alpha value is -3.22. The summed E-state index contributed by atoms with van der Waals surface area (Å²) in [6, 6.07) is 14.9. The Morgan fingerprint density at radius 3 is 2.19 bits per heavy atom. The van der Waals surface area contributed by atoms with Gasteiger partial charge in [0.1, 0.15) is 5.75 Å². The minimum absolute atomic E-state index is 0.131. The number of methoxy groups -OCH3 is 1. The number of rotatable bonds is 5. The predicted molar refractivity (Wildman–Crippen MR) is 102 cm³/mol. The first kappa shape index (κ1) is 18.6. The standard InChI is InChI=1S/C20H23N3O4/c1-27-18-8-2-15(3-9-18)14-21-19(24)16-4-6-17(7-5-16)22-10-12-23(13-11-22)20(25)26/h2-9H,10-14H2,1H3,(H,21,24)(H,25,26). The SMILES string of the molecule is COc1ccc(CNC(=O)c2ccc(N3CCN(C(=O)O)CC3)cc2)cc1. The van der Waals surface area contributed by atoms with Crippen LogP contribution in [-0.4, -0.2) is 55.3 Å². The molecule has 2 amide bonds. The summed E-state index contributed by atoms with van der Waals surface area (Å²) in [6.07, 6.45) is -0.876. The summed E-state index contributed by atoms with van der Waals surface area (Å²) < 4.78 is 5.12. The van der Waals surface area contributed by atoms with E-state index in [4.69, 9.17) is 9.84 Å². The highest BCUT2D eigenvalue weighted by atomic mass is 16.5. The van der Waals surface area contributed by atoms with Crippen molar-refractivity contribution in [3.8, 4) is 5.75 Å². The van der Waals surface area contributed by atoms with Crippen LogP contribution in [0, 0.1) is 0 Å². The molecule has 2 aromatic rings. The normalized spacial score (nSPS) is 14.0. The van der Waals surface area contributed by atoms with Crippen LogP contribution in [-0.2, 0) is 6.54 Å². The zero-order valence-electron chi connectivity index (χ0n) is 15.2. The van der Waals surface area contributed by atoms with Crippen molar-refractivity contribution >= 4 is 17.7 Å². The topological polar surface area (TPSA) is 82.1 Å². The van der Waals surface area contributed by atoms with Gasteiger partial charge in [-0.3, -0.25) is 4.79 Å². The molecule has 0 saturated carbocycles. The Balaban J connectivity index is 1.53. The molecule has 142 valence electrons. The van der Waals surface area contributed by atoms with Crippen LogP contribution in [0.4, 0.5) is 10.5 Å². The van der Waals surface area contributed by atoms with Crippen LogP contribution in [0.15, 0.2) is 48.5 Å². The summed E-state index contributed by atoms with van der Waals surface area (Å²) in [4.78, 5) is 26.8. The Bertz CT molecular complexity index is 782. The number of nitrogens with zero attached hydrogens (tertiary/aromatic N) is 2. The molecule has 1 aliphatic rings. The second-order valence-electron chi connectivity index (χ2n) is 6.33. The number of anilines is 1. The van der Waals surface area contributed by atoms with E-state index in [2.05, 4.69) is 10.2 Å². The fourth-order valence-electron chi connectivity index (χ4n) is 3.01. The maximum atomic E-state index is 12.3. The number of carbonyl (C=O) groups is 2. The van der Waals surface area contributed by atoms with Crippen molar-refractivity contribution in [3.63, 3.8) is 0 Å². The van der Waals surface area contributed by atoms with Crippen molar-refractivity contribution in [2.45, 2.75) is 6.54 Å². The molecule has 0 aromatic heterocycles. The van der Waals surface area contributed by atoms with Crippen LogP contribution in [0.1, 0.15) is 15.9 Å². The molecule has 3 rings (SSSR count). The van der Waals surface area contributed by atoms with Gasteiger partial charge in [-0.05, 0) is 42.0 Å². The molecule has 1 aliphatic heterocycles. The van der Waals surface area contributed by atoms with Crippen molar-refractivity contribution in [1.82, 2.24) is 10.2 Å². The number of nitrogens with one attached hydrogen (secondary N) is 1. The van der Waals surface area contributed by atoms with Crippen LogP contribution in [0.5, 0.6) is 5.75 Å². The van der Waals surface area contributed by atoms with Crippen LogP contribution in [0.25, 0.3) is 0 Å². The number of ether oxygens (including phenoxy) is 1. The molecule has 1 fully saturated rings. The van der Waals surface area contributed by atoms with Gasteiger partial charge in [-0.1, -0.05) is 12.1 Å². The number of benzene rings is 2. The quantitative estimate of drug-likeness (QED) is 0.846. The molecule has 2 aromatic carbocycles. The number of carboxylic acid groups (broad SMARTS) is 1. The number of hydrogen-bond acceptors (Lipinski definition) is 4. The van der Waals surface area contributed by atoms with Gasteiger partial charge >= 0.3 is 6.09 Å². The van der Waals surface area contributed by atoms with E-state index in [0.29, 0.717) is 38.3 Å². The second-order valence-corrected chi connectivity index (χ2v) is 6.33. The van der Waals surface area contributed by atoms with Gasteiger partial charge in [0.05, 0.1) is 7.11 Å². The molecule has 1 heterocycles. The number of amides is 2. The number of carbonyl (C=O) groups excluding carboxylic acids is 1. The Morgan fingerprint density at radius 1 is 1.00 bits per heavy atom. The first-order chi connectivity index (χ1) is 13.1. The fraction of sp³-hybridized carbons (Fsp3) is 0.300. The van der Waals surface area contributed by atoms with Crippen molar-refractivity contribution < 1.29 is 19.4 Å². The lowest BCUT2D eigenvalue weighted by molar-refractivity contribution is 0.0950. The third-order valence-electron chi connectivity index (χ3n) is 4.66. The van der Waals surface area contributed by atoms with E-state index >= 15 is 0 Å². The molecule has 0 bridgehead atoms. The average Bonchev–Trinajstić information content (AvgIpc) is 2.72. The van der Waals surface area contributed by atoms with Gasteiger partial charge in [0.15, 0.2) is 0 Å². The summed E-state index contributed by atoms with van der Waals surface area (Å²) in [5.74, 6) is 0.651. The van der Waals surface area contributed by atoms with Crippen molar-refractivity contribution in [2.75, 3.05) is 38.2 Å². The highest BCUT2D eigenvalue weighted by Crippen LogP contribution is 2.18. The van der Waals surface area contributed by atoms with E-state index in [-0.39, 0.29) is 5.91 Å². The first-order valence-electron chi connectivity index (χ1n) is 8.81. The van der Waals surface area contributed by atoms with Crippen molar-refractivity contribution in [3.05, 3.63) is 59.7 Å². The van der Waals surface area contributed by atoms with E-state index in [1.54, 1.807) is 19.2 Å². The maximum absolute atomic E-state index is 12.3. The number of hydrogen-bond donors (Lipinski definition) is 2. The zero-order chi connectivity index (χ0) is 19.2. The first-order valence-corrected chi connectivity index (χ1v) is 8.81. The minimum atomic E-state index is -0.876. The minimum Gasteiger partial charge on any atom is -0.497 e. The predicted octanol–water partition coefficient (Wildman–Crippen LogP) is 2.43. The third-order valence-corrected chi connectivity index (χ3v) is 4.66. The average molecular weight is 369 g/mol. The number of piperazine rings is 1. The molecule has 0 aliphatic carbocycles. The molecule has 0 spiro atoms. The van der Waals surface area contributed by atoms with Crippen LogP contribution >= 0.6 is 0 Å². The molecule has 7 nitrogen and oxygen atoms in total. The fourth-order valence-corrected chi connectivity index (χ4v) is 3.01. The summed E-state index contributed by atoms with van der Waals surface area (Å²) in [6.45, 7) is 2.71. The van der Waals surface area contributed by atoms with Gasteiger partial charge in [-0.15, -0.1) is 0 Å². The van der Waals surface area contributed by atoms with Crippen LogP contribution in [0.2, 0.25) is 0 Å². The second kappa shape index (κ2) is 8.44. The Morgan fingerprint density at radius 2 is 1.63 bits per heavy atom. The smallest absolute Gasteiger partial charge is 0.407 e. The van der Waals surface area contributed by atoms with E-state index in [1.165, 1.54) is 4.90 Å². The van der Waals surface area contributed by atoms with Gasteiger partial charge in [0, 0.05) is 44.0 Å². The Kier molecular flexibility index (Phi) is 5.80. The highest BCUT2D eigenvalue weighted by Gasteiger charge is 2.20. The van der Waals surface area contributed by atoms with Crippen LogP contribution in [0.3, 0.4) is 0 Å². The molecule has 7 heteroatoms.